The van der Waals surface area contributed by atoms with Gasteiger partial charge in [0.05, 0.1) is 5.52 Å². The Morgan fingerprint density at radius 2 is 2.05 bits per heavy atom. The number of anilines is 1. The molecule has 9 nitrogen and oxygen atoms in total. The van der Waals surface area contributed by atoms with Crippen LogP contribution in [0.1, 0.15) is 12.5 Å². The molecule has 0 aliphatic carbocycles. The maximum Gasteiger partial charge on any atom is 0.160 e. The van der Waals surface area contributed by atoms with Crippen LogP contribution >= 0.6 is 0 Å². The van der Waals surface area contributed by atoms with Crippen LogP contribution in [0.5, 0.6) is 0 Å². The van der Waals surface area contributed by atoms with Crippen molar-refractivity contribution in [3.8, 4) is 22.6 Å². The van der Waals surface area contributed by atoms with E-state index in [4.69, 9.17) is 4.98 Å². The Kier molecular flexibility index (Phi) is 7.05. The number of hydrogen-bond acceptors (Lipinski definition) is 6. The molecule has 5 rings (SSSR count). The number of allylic oxidation sites excluding steroid dienone is 1. The fourth-order valence-electron chi connectivity index (χ4n) is 4.23. The van der Waals surface area contributed by atoms with Crippen molar-refractivity contribution in [2.45, 2.75) is 6.92 Å². The van der Waals surface area contributed by atoms with Gasteiger partial charge >= 0.3 is 0 Å². The third kappa shape index (κ3) is 5.21. The number of rotatable bonds is 9. The molecule has 0 bridgehead atoms. The maximum absolute atomic E-state index is 14.6. The van der Waals surface area contributed by atoms with Gasteiger partial charge in [-0.25, -0.2) is 19.4 Å². The highest BCUT2D eigenvalue weighted by Gasteiger charge is 2.17. The number of likely N-dealkylation sites (N-methyl/N-ethyl adjacent to an activating group) is 1. The molecule has 0 unspecified atom stereocenters. The molecule has 0 aliphatic rings. The summed E-state index contributed by atoms with van der Waals surface area (Å²) in [5.74, 6) is 0.248. The summed E-state index contributed by atoms with van der Waals surface area (Å²) < 4.78 is 14.6. The largest absolute Gasteiger partial charge is 0.384 e. The molecule has 0 amide bonds. The summed E-state index contributed by atoms with van der Waals surface area (Å²) in [6.45, 7) is 6.91. The number of hydrogen-bond donors (Lipinski definition) is 3. The number of fused-ring (bicyclic) bond motifs is 2. The molecule has 0 spiro atoms. The van der Waals surface area contributed by atoms with Crippen molar-refractivity contribution >= 4 is 46.4 Å². The summed E-state index contributed by atoms with van der Waals surface area (Å²) in [4.78, 5) is 22.4. The van der Waals surface area contributed by atoms with Crippen LogP contribution in [0, 0.1) is 5.82 Å². The van der Waals surface area contributed by atoms with E-state index in [9.17, 15) is 4.39 Å². The number of halogens is 1. The number of pyridine rings is 1. The van der Waals surface area contributed by atoms with Gasteiger partial charge in [0.25, 0.3) is 0 Å². The normalized spacial score (nSPS) is 12.3. The van der Waals surface area contributed by atoms with Crippen LogP contribution < -0.4 is 5.32 Å². The molecule has 0 atom stereocenters. The molecule has 3 heterocycles. The van der Waals surface area contributed by atoms with Gasteiger partial charge in [0.15, 0.2) is 11.5 Å². The van der Waals surface area contributed by atoms with E-state index < -0.39 is 0 Å². The highest BCUT2D eigenvalue weighted by Crippen LogP contribution is 2.33. The molecule has 3 N–H and O–H groups in total. The van der Waals surface area contributed by atoms with Gasteiger partial charge in [0.1, 0.15) is 23.4 Å². The van der Waals surface area contributed by atoms with Crippen LogP contribution in [0.3, 0.4) is 0 Å². The van der Waals surface area contributed by atoms with Gasteiger partial charge in [-0.2, -0.15) is 5.10 Å². The highest BCUT2D eigenvalue weighted by molar-refractivity contribution is 5.97. The molecular weight excluding hydrogens is 481 g/mol. The number of nitrogens with zero attached hydrogens (tertiary/aromatic N) is 6. The molecule has 10 heteroatoms. The Hall–Kier alpha value is -4.70. The average Bonchev–Trinajstić information content (AvgIpc) is 3.51. The number of nitrogens with one attached hydrogen (secondary N) is 3. The second kappa shape index (κ2) is 10.7. The summed E-state index contributed by atoms with van der Waals surface area (Å²) in [7, 11) is 4.00. The predicted octanol–water partition coefficient (Wildman–Crippen LogP) is 5.37. The molecule has 192 valence electrons. The van der Waals surface area contributed by atoms with Gasteiger partial charge in [-0.3, -0.25) is 10.1 Å². The van der Waals surface area contributed by atoms with Gasteiger partial charge in [0, 0.05) is 42.1 Å². The van der Waals surface area contributed by atoms with E-state index in [-0.39, 0.29) is 5.82 Å². The van der Waals surface area contributed by atoms with Gasteiger partial charge in [-0.1, -0.05) is 6.07 Å². The van der Waals surface area contributed by atoms with Crippen LogP contribution in [0.4, 0.5) is 10.1 Å². The SMILES string of the molecule is C=N/C=N\C=C(/C)c1ccc2[nH]nc(-c3nc4c(-c5cc(F)cc(NCCN(C)C)c5)ccnc4[nH]3)c2c1. The second-order valence-corrected chi connectivity index (χ2v) is 9.19. The Labute approximate surface area is 219 Å². The lowest BCUT2D eigenvalue weighted by molar-refractivity contribution is 0.425. The quantitative estimate of drug-likeness (QED) is 0.183. The highest BCUT2D eigenvalue weighted by atomic mass is 19.1. The van der Waals surface area contributed by atoms with Crippen molar-refractivity contribution in [1.82, 2.24) is 30.0 Å². The van der Waals surface area contributed by atoms with Crippen molar-refractivity contribution < 1.29 is 4.39 Å². The molecule has 2 aromatic carbocycles. The van der Waals surface area contributed by atoms with Gasteiger partial charge in [-0.05, 0) is 80.8 Å². The number of benzene rings is 2. The monoisotopic (exact) mass is 509 g/mol. The number of aliphatic imine (C=N–C) groups is 2. The third-order valence-corrected chi connectivity index (χ3v) is 6.14. The van der Waals surface area contributed by atoms with Crippen molar-refractivity contribution in [2.24, 2.45) is 9.98 Å². The zero-order chi connectivity index (χ0) is 26.6. The van der Waals surface area contributed by atoms with E-state index >= 15 is 0 Å². The van der Waals surface area contributed by atoms with Gasteiger partial charge in [0.2, 0.25) is 0 Å². The van der Waals surface area contributed by atoms with Crippen molar-refractivity contribution in [3.05, 3.63) is 66.2 Å². The Morgan fingerprint density at radius 3 is 2.87 bits per heavy atom. The molecule has 5 aromatic rings. The number of aromatic amines is 2. The maximum atomic E-state index is 14.6. The Bertz CT molecular complexity index is 1680. The van der Waals surface area contributed by atoms with E-state index in [0.29, 0.717) is 40.5 Å². The first-order valence-corrected chi connectivity index (χ1v) is 12.1. The lowest BCUT2D eigenvalue weighted by Crippen LogP contribution is -2.20. The van der Waals surface area contributed by atoms with E-state index in [1.165, 1.54) is 18.5 Å². The predicted molar refractivity (Wildman–Crippen MR) is 153 cm³/mol. The fourth-order valence-corrected chi connectivity index (χ4v) is 4.23. The van der Waals surface area contributed by atoms with E-state index in [1.807, 2.05) is 51.4 Å². The third-order valence-electron chi connectivity index (χ3n) is 6.14. The van der Waals surface area contributed by atoms with Gasteiger partial charge < -0.3 is 15.2 Å². The molecule has 0 saturated carbocycles. The van der Waals surface area contributed by atoms with Crippen LogP contribution in [-0.4, -0.2) is 70.3 Å². The smallest absolute Gasteiger partial charge is 0.160 e. The summed E-state index contributed by atoms with van der Waals surface area (Å²) >= 11 is 0. The Balaban J connectivity index is 1.54. The van der Waals surface area contributed by atoms with Crippen molar-refractivity contribution in [2.75, 3.05) is 32.5 Å². The zero-order valence-corrected chi connectivity index (χ0v) is 21.5. The fraction of sp³-hybridized carbons (Fsp3) is 0.179. The minimum absolute atomic E-state index is 0.321. The number of aromatic nitrogens is 5. The summed E-state index contributed by atoms with van der Waals surface area (Å²) in [5, 5.41) is 11.8. The standard InChI is InChI=1S/C28H28FN9/c1-17(15-31-16-30-2)18-5-6-24-23(13-18)26(37-36-24)28-34-25-22(7-8-33-27(25)35-28)19-11-20(29)14-21(12-19)32-9-10-38(3)4/h5-8,11-16,32H,2,9-10H2,1,3-4H3,(H,36,37)(H,33,34,35)/b17-15+,31-16-. The van der Waals surface area contributed by atoms with Crippen LogP contribution in [0.15, 0.2) is 64.8 Å². The minimum Gasteiger partial charge on any atom is -0.384 e. The van der Waals surface area contributed by atoms with Crippen molar-refractivity contribution in [1.29, 1.82) is 0 Å². The van der Waals surface area contributed by atoms with Crippen LogP contribution in [0.25, 0.3) is 50.3 Å². The summed E-state index contributed by atoms with van der Waals surface area (Å²) in [6, 6.07) is 12.8. The molecule has 0 saturated heterocycles. The number of H-pyrrole nitrogens is 2. The molecule has 0 fully saturated rings. The van der Waals surface area contributed by atoms with E-state index in [0.717, 1.165) is 34.1 Å². The first kappa shape index (κ1) is 25.0. The summed E-state index contributed by atoms with van der Waals surface area (Å²) in [5.41, 5.74) is 6.94. The van der Waals surface area contributed by atoms with Gasteiger partial charge in [-0.15, -0.1) is 0 Å². The lowest BCUT2D eigenvalue weighted by atomic mass is 10.0. The van der Waals surface area contributed by atoms with Crippen LogP contribution in [-0.2, 0) is 0 Å². The van der Waals surface area contributed by atoms with E-state index in [1.54, 1.807) is 12.4 Å². The van der Waals surface area contributed by atoms with Crippen molar-refractivity contribution in [3.63, 3.8) is 0 Å². The first-order chi connectivity index (χ1) is 18.4. The minimum atomic E-state index is -0.321. The lowest BCUT2D eigenvalue weighted by Gasteiger charge is -2.12. The molecule has 0 aliphatic heterocycles. The Morgan fingerprint density at radius 1 is 1.18 bits per heavy atom. The molecule has 3 aromatic heterocycles. The molecular formula is C28H28FN9. The summed E-state index contributed by atoms with van der Waals surface area (Å²) in [6.07, 6.45) is 4.82. The molecule has 38 heavy (non-hydrogen) atoms. The molecule has 0 radical (unpaired) electrons. The van der Waals surface area contributed by atoms with Crippen LogP contribution in [0.2, 0.25) is 0 Å². The topological polar surface area (TPSA) is 110 Å². The zero-order valence-electron chi connectivity index (χ0n) is 21.5. The first-order valence-electron chi connectivity index (χ1n) is 12.1. The van der Waals surface area contributed by atoms with E-state index in [2.05, 4.69) is 47.1 Å². The number of imidazole rings is 1. The average molecular weight is 510 g/mol. The second-order valence-electron chi connectivity index (χ2n) is 9.19.